The first-order valence-corrected chi connectivity index (χ1v) is 8.05. The number of hydrogen-bond acceptors (Lipinski definition) is 5. The van der Waals surface area contributed by atoms with Gasteiger partial charge in [-0.05, 0) is 43.1 Å². The predicted molar refractivity (Wildman–Crippen MR) is 79.0 cm³/mol. The molecule has 3 rings (SSSR count). The van der Waals surface area contributed by atoms with Gasteiger partial charge in [0, 0.05) is 25.2 Å². The largest absolute Gasteiger partial charge is 0.332 e. The van der Waals surface area contributed by atoms with Gasteiger partial charge in [-0.25, -0.2) is 0 Å². The lowest BCUT2D eigenvalue weighted by molar-refractivity contribution is 0.0606. The van der Waals surface area contributed by atoms with Crippen LogP contribution in [-0.2, 0) is 0 Å². The number of aromatic nitrogens is 2. The van der Waals surface area contributed by atoms with Gasteiger partial charge in [0.05, 0.1) is 5.69 Å². The molecule has 5 nitrogen and oxygen atoms in total. The molecule has 6 heteroatoms. The summed E-state index contributed by atoms with van der Waals surface area (Å²) in [7, 11) is 0. The van der Waals surface area contributed by atoms with Crippen LogP contribution in [0.4, 0.5) is 0 Å². The molecule has 0 saturated carbocycles. The average molecular weight is 294 g/mol. The molecule has 2 aliphatic rings. The van der Waals surface area contributed by atoms with Crippen LogP contribution in [0.25, 0.3) is 0 Å². The number of fused-ring (bicyclic) bond motifs is 1. The molecule has 2 saturated heterocycles. The second-order valence-electron chi connectivity index (χ2n) is 6.74. The Kier molecular flexibility index (Phi) is 3.33. The lowest BCUT2D eigenvalue weighted by Crippen LogP contribution is -2.47. The van der Waals surface area contributed by atoms with Crippen molar-refractivity contribution in [3.05, 3.63) is 10.6 Å². The first kappa shape index (κ1) is 13.9. The number of nitrogens with one attached hydrogen (secondary N) is 1. The minimum atomic E-state index is -0.0938. The maximum absolute atomic E-state index is 12.9. The predicted octanol–water partition coefficient (Wildman–Crippen LogP) is 1.73. The summed E-state index contributed by atoms with van der Waals surface area (Å²) in [6.45, 7) is 11.4. The van der Waals surface area contributed by atoms with E-state index in [1.54, 1.807) is 0 Å². The molecule has 1 aromatic rings. The van der Waals surface area contributed by atoms with E-state index in [9.17, 15) is 4.79 Å². The molecule has 1 N–H and O–H groups in total. The van der Waals surface area contributed by atoms with Gasteiger partial charge in [-0.2, -0.15) is 0 Å². The zero-order valence-corrected chi connectivity index (χ0v) is 13.3. The number of nitrogens with zero attached hydrogens (tertiary/aromatic N) is 3. The summed E-state index contributed by atoms with van der Waals surface area (Å²) in [6, 6.07) is 0. The number of amides is 1. The highest BCUT2D eigenvalue weighted by Gasteiger charge is 2.51. The van der Waals surface area contributed by atoms with Gasteiger partial charge >= 0.3 is 0 Å². The topological polar surface area (TPSA) is 58.1 Å². The highest BCUT2D eigenvalue weighted by molar-refractivity contribution is 7.08. The SMILES string of the molecule is CC(C)c1nnsc1C(=O)N1CC2CNCC2C1(C)C. The van der Waals surface area contributed by atoms with Crippen LogP contribution >= 0.6 is 11.5 Å². The van der Waals surface area contributed by atoms with Gasteiger partial charge in [0.2, 0.25) is 0 Å². The lowest BCUT2D eigenvalue weighted by Gasteiger charge is -2.35. The van der Waals surface area contributed by atoms with E-state index in [0.717, 1.165) is 30.2 Å². The van der Waals surface area contributed by atoms with Crippen molar-refractivity contribution in [2.24, 2.45) is 11.8 Å². The Morgan fingerprint density at radius 2 is 2.20 bits per heavy atom. The highest BCUT2D eigenvalue weighted by Crippen LogP contribution is 2.41. The zero-order chi connectivity index (χ0) is 14.5. The second-order valence-corrected chi connectivity index (χ2v) is 7.49. The fraction of sp³-hybridized carbons (Fsp3) is 0.786. The maximum Gasteiger partial charge on any atom is 0.267 e. The first-order valence-electron chi connectivity index (χ1n) is 7.28. The fourth-order valence-corrected chi connectivity index (χ4v) is 4.38. The fourth-order valence-electron chi connectivity index (χ4n) is 3.61. The van der Waals surface area contributed by atoms with Crippen molar-refractivity contribution in [3.63, 3.8) is 0 Å². The van der Waals surface area contributed by atoms with Crippen LogP contribution in [0.1, 0.15) is 49.0 Å². The highest BCUT2D eigenvalue weighted by atomic mass is 32.1. The van der Waals surface area contributed by atoms with Crippen molar-refractivity contribution in [3.8, 4) is 0 Å². The summed E-state index contributed by atoms with van der Waals surface area (Å²) >= 11 is 1.23. The second kappa shape index (κ2) is 4.77. The molecule has 2 aliphatic heterocycles. The van der Waals surface area contributed by atoms with E-state index >= 15 is 0 Å². The van der Waals surface area contributed by atoms with E-state index in [4.69, 9.17) is 0 Å². The maximum atomic E-state index is 12.9. The molecule has 0 radical (unpaired) electrons. The van der Waals surface area contributed by atoms with E-state index in [1.165, 1.54) is 11.5 Å². The molecule has 0 spiro atoms. The van der Waals surface area contributed by atoms with E-state index in [1.807, 2.05) is 4.90 Å². The number of carbonyl (C=O) groups excluding carboxylic acids is 1. The van der Waals surface area contributed by atoms with E-state index in [2.05, 4.69) is 42.6 Å². The standard InChI is InChI=1S/C14H22N4OS/c1-8(2)11-12(20-17-16-11)13(19)18-7-9-5-15-6-10(9)14(18,3)4/h8-10,15H,5-7H2,1-4H3. The van der Waals surface area contributed by atoms with Crippen LogP contribution < -0.4 is 5.32 Å². The van der Waals surface area contributed by atoms with Gasteiger partial charge in [-0.3, -0.25) is 4.79 Å². The van der Waals surface area contributed by atoms with Crippen molar-refractivity contribution in [1.82, 2.24) is 19.8 Å². The Labute approximate surface area is 123 Å². The summed E-state index contributed by atoms with van der Waals surface area (Å²) in [5.74, 6) is 1.48. The third kappa shape index (κ3) is 1.97. The molecular formula is C14H22N4OS. The third-order valence-electron chi connectivity index (χ3n) is 4.86. The van der Waals surface area contributed by atoms with Crippen molar-refractivity contribution in [2.45, 2.75) is 39.2 Å². The van der Waals surface area contributed by atoms with Crippen LogP contribution in [0.5, 0.6) is 0 Å². The smallest absolute Gasteiger partial charge is 0.267 e. The Morgan fingerprint density at radius 3 is 2.85 bits per heavy atom. The Bertz CT molecular complexity index is 525. The third-order valence-corrected chi connectivity index (χ3v) is 5.59. The summed E-state index contributed by atoms with van der Waals surface area (Å²) in [4.78, 5) is 15.7. The van der Waals surface area contributed by atoms with E-state index in [-0.39, 0.29) is 17.4 Å². The van der Waals surface area contributed by atoms with Crippen molar-refractivity contribution >= 4 is 17.4 Å². The zero-order valence-electron chi connectivity index (χ0n) is 12.5. The number of hydrogen-bond donors (Lipinski definition) is 1. The number of carbonyl (C=O) groups is 1. The Hall–Kier alpha value is -1.01. The summed E-state index contributed by atoms with van der Waals surface area (Å²) < 4.78 is 3.99. The average Bonchev–Trinajstić information content (AvgIpc) is 3.06. The Balaban J connectivity index is 1.89. The van der Waals surface area contributed by atoms with Gasteiger partial charge in [0.15, 0.2) is 0 Å². The molecule has 0 bridgehead atoms. The van der Waals surface area contributed by atoms with E-state index in [0.29, 0.717) is 11.8 Å². The van der Waals surface area contributed by atoms with Gasteiger partial charge in [0.25, 0.3) is 5.91 Å². The molecule has 1 aromatic heterocycles. The number of rotatable bonds is 2. The normalized spacial score (nSPS) is 28.1. The lowest BCUT2D eigenvalue weighted by atomic mass is 9.85. The van der Waals surface area contributed by atoms with Gasteiger partial charge in [0.1, 0.15) is 4.88 Å². The quantitative estimate of drug-likeness (QED) is 0.902. The summed E-state index contributed by atoms with van der Waals surface area (Å²) in [6.07, 6.45) is 0. The van der Waals surface area contributed by atoms with Gasteiger partial charge < -0.3 is 10.2 Å². The molecule has 2 fully saturated rings. The van der Waals surface area contributed by atoms with Gasteiger partial charge in [-0.15, -0.1) is 5.10 Å². The molecule has 0 aliphatic carbocycles. The van der Waals surface area contributed by atoms with E-state index < -0.39 is 0 Å². The van der Waals surface area contributed by atoms with Crippen LogP contribution in [0.2, 0.25) is 0 Å². The molecule has 2 unspecified atom stereocenters. The van der Waals surface area contributed by atoms with Gasteiger partial charge in [-0.1, -0.05) is 18.3 Å². The van der Waals surface area contributed by atoms with Crippen LogP contribution in [0.15, 0.2) is 0 Å². The minimum Gasteiger partial charge on any atom is -0.332 e. The van der Waals surface area contributed by atoms with Crippen molar-refractivity contribution in [1.29, 1.82) is 0 Å². The molecule has 110 valence electrons. The molecule has 20 heavy (non-hydrogen) atoms. The summed E-state index contributed by atoms with van der Waals surface area (Å²) in [5, 5.41) is 7.58. The number of likely N-dealkylation sites (tertiary alicyclic amines) is 1. The minimum absolute atomic E-state index is 0.0938. The molecule has 3 heterocycles. The van der Waals surface area contributed by atoms with Crippen LogP contribution in [-0.4, -0.2) is 45.6 Å². The summed E-state index contributed by atoms with van der Waals surface area (Å²) in [5.41, 5.74) is 0.745. The molecular weight excluding hydrogens is 272 g/mol. The first-order chi connectivity index (χ1) is 9.43. The monoisotopic (exact) mass is 294 g/mol. The molecule has 0 aromatic carbocycles. The molecule has 2 atom stereocenters. The van der Waals surface area contributed by atoms with Crippen molar-refractivity contribution < 1.29 is 4.79 Å². The Morgan fingerprint density at radius 1 is 1.45 bits per heavy atom. The van der Waals surface area contributed by atoms with Crippen molar-refractivity contribution in [2.75, 3.05) is 19.6 Å². The van der Waals surface area contributed by atoms with Crippen LogP contribution in [0.3, 0.4) is 0 Å². The molecule has 1 amide bonds. The van der Waals surface area contributed by atoms with Crippen LogP contribution in [0, 0.1) is 11.8 Å².